The minimum atomic E-state index is -0.475. The lowest BCUT2D eigenvalue weighted by Crippen LogP contribution is -2.38. The Hall–Kier alpha value is -1.14. The van der Waals surface area contributed by atoms with Crippen molar-refractivity contribution in [2.24, 2.45) is 0 Å². The van der Waals surface area contributed by atoms with E-state index < -0.39 is 5.60 Å². The molecule has 130 valence electrons. The number of carbonyl (C=O) groups excluding carboxylic acids is 1. The van der Waals surface area contributed by atoms with E-state index in [1.807, 2.05) is 27.7 Å². The van der Waals surface area contributed by atoms with E-state index in [0.717, 1.165) is 23.0 Å². The molecular weight excluding hydrogens is 363 g/mol. The summed E-state index contributed by atoms with van der Waals surface area (Å²) in [5.74, 6) is -0.253. The third-order valence-electron chi connectivity index (χ3n) is 3.15. The Labute approximate surface area is 146 Å². The van der Waals surface area contributed by atoms with Gasteiger partial charge in [0.2, 0.25) is 0 Å². The highest BCUT2D eigenvalue weighted by molar-refractivity contribution is 9.10. The molecule has 1 amide bonds. The fourth-order valence-corrected chi connectivity index (χ4v) is 2.48. The molecule has 1 aromatic carbocycles. The van der Waals surface area contributed by atoms with Gasteiger partial charge in [-0.3, -0.25) is 0 Å². The van der Waals surface area contributed by atoms with Gasteiger partial charge in [-0.2, -0.15) is 0 Å². The lowest BCUT2D eigenvalue weighted by atomic mass is 10.2. The van der Waals surface area contributed by atoms with Gasteiger partial charge in [0.25, 0.3) is 0 Å². The highest BCUT2D eigenvalue weighted by atomic mass is 79.9. The van der Waals surface area contributed by atoms with Crippen molar-refractivity contribution in [2.75, 3.05) is 19.6 Å². The predicted molar refractivity (Wildman–Crippen MR) is 93.9 cm³/mol. The van der Waals surface area contributed by atoms with Crippen LogP contribution in [0.5, 0.6) is 0 Å². The molecule has 0 atom stereocenters. The van der Waals surface area contributed by atoms with Gasteiger partial charge >= 0.3 is 6.09 Å². The minimum absolute atomic E-state index is 0.253. The molecule has 4 nitrogen and oxygen atoms in total. The first kappa shape index (κ1) is 19.9. The molecule has 0 heterocycles. The molecule has 0 aliphatic carbocycles. The van der Waals surface area contributed by atoms with Gasteiger partial charge in [0.1, 0.15) is 11.4 Å². The summed E-state index contributed by atoms with van der Waals surface area (Å²) >= 11 is 3.35. The molecular formula is C17H26BrFN2O2. The number of nitrogens with one attached hydrogen (secondary N) is 1. The highest BCUT2D eigenvalue weighted by Gasteiger charge is 2.20. The summed E-state index contributed by atoms with van der Waals surface area (Å²) in [7, 11) is 0. The van der Waals surface area contributed by atoms with Crippen molar-refractivity contribution in [2.45, 2.75) is 46.3 Å². The summed E-state index contributed by atoms with van der Waals surface area (Å²) < 4.78 is 19.1. The van der Waals surface area contributed by atoms with Crippen LogP contribution in [0.2, 0.25) is 0 Å². The van der Waals surface area contributed by atoms with Gasteiger partial charge in [-0.25, -0.2) is 9.18 Å². The Morgan fingerprint density at radius 1 is 1.39 bits per heavy atom. The standard InChI is InChI=1S/C17H26BrFN2O2/c1-5-21(16(22)23-17(2,3)4)10-6-9-20-12-13-7-8-14(19)11-15(13)18/h7-8,11,20H,5-6,9-10,12H2,1-4H3. The van der Waals surface area contributed by atoms with Crippen LogP contribution in [0.25, 0.3) is 0 Å². The number of hydrogen-bond acceptors (Lipinski definition) is 3. The van der Waals surface area contributed by atoms with Crippen LogP contribution >= 0.6 is 15.9 Å². The first-order valence-corrected chi connectivity index (χ1v) is 8.65. The number of benzene rings is 1. The Balaban J connectivity index is 2.31. The molecule has 1 N–H and O–H groups in total. The van der Waals surface area contributed by atoms with Gasteiger partial charge in [-0.15, -0.1) is 0 Å². The third kappa shape index (κ3) is 7.79. The van der Waals surface area contributed by atoms with E-state index in [9.17, 15) is 9.18 Å². The monoisotopic (exact) mass is 388 g/mol. The van der Waals surface area contributed by atoms with Crippen LogP contribution in [-0.2, 0) is 11.3 Å². The fourth-order valence-electron chi connectivity index (χ4n) is 1.99. The lowest BCUT2D eigenvalue weighted by molar-refractivity contribution is 0.0258. The largest absolute Gasteiger partial charge is 0.444 e. The average Bonchev–Trinajstić information content (AvgIpc) is 2.42. The second-order valence-electron chi connectivity index (χ2n) is 6.33. The SMILES string of the molecule is CCN(CCCNCc1ccc(F)cc1Br)C(=O)OC(C)(C)C. The van der Waals surface area contributed by atoms with Gasteiger partial charge in [0.15, 0.2) is 0 Å². The zero-order valence-electron chi connectivity index (χ0n) is 14.3. The van der Waals surface area contributed by atoms with Gasteiger partial charge in [0.05, 0.1) is 0 Å². The van der Waals surface area contributed by atoms with Crippen LogP contribution in [0.4, 0.5) is 9.18 Å². The van der Waals surface area contributed by atoms with E-state index in [1.165, 1.54) is 12.1 Å². The Morgan fingerprint density at radius 2 is 2.09 bits per heavy atom. The molecule has 0 fully saturated rings. The summed E-state index contributed by atoms with van der Waals surface area (Å²) in [5, 5.41) is 3.30. The van der Waals surface area contributed by atoms with Crippen molar-refractivity contribution >= 4 is 22.0 Å². The Bertz CT molecular complexity index is 518. The predicted octanol–water partition coefficient (Wildman–Crippen LogP) is 4.32. The molecule has 0 aliphatic rings. The molecule has 0 saturated heterocycles. The number of rotatable bonds is 7. The molecule has 1 aromatic rings. The normalized spacial score (nSPS) is 11.4. The number of hydrogen-bond donors (Lipinski definition) is 1. The number of amides is 1. The maximum Gasteiger partial charge on any atom is 0.410 e. The van der Waals surface area contributed by atoms with E-state index in [1.54, 1.807) is 11.0 Å². The minimum Gasteiger partial charge on any atom is -0.444 e. The van der Waals surface area contributed by atoms with Crippen molar-refractivity contribution in [3.63, 3.8) is 0 Å². The smallest absolute Gasteiger partial charge is 0.410 e. The van der Waals surface area contributed by atoms with Gasteiger partial charge in [-0.05, 0) is 58.4 Å². The number of halogens is 2. The zero-order valence-corrected chi connectivity index (χ0v) is 15.9. The van der Waals surface area contributed by atoms with Crippen LogP contribution in [0.3, 0.4) is 0 Å². The Kier molecular flexibility index (Phi) is 7.99. The van der Waals surface area contributed by atoms with Crippen LogP contribution in [0, 0.1) is 5.82 Å². The summed E-state index contributed by atoms with van der Waals surface area (Å²) in [4.78, 5) is 13.7. The third-order valence-corrected chi connectivity index (χ3v) is 3.88. The summed E-state index contributed by atoms with van der Waals surface area (Å²) in [5.41, 5.74) is 0.531. The van der Waals surface area contributed by atoms with Crippen LogP contribution < -0.4 is 5.32 Å². The van der Waals surface area contributed by atoms with E-state index >= 15 is 0 Å². The van der Waals surface area contributed by atoms with Crippen LogP contribution in [0.1, 0.15) is 39.7 Å². The van der Waals surface area contributed by atoms with Crippen molar-refractivity contribution < 1.29 is 13.9 Å². The maximum absolute atomic E-state index is 13.0. The second kappa shape index (κ2) is 9.23. The van der Waals surface area contributed by atoms with Crippen molar-refractivity contribution in [1.82, 2.24) is 10.2 Å². The number of ether oxygens (including phenoxy) is 1. The van der Waals surface area contributed by atoms with E-state index in [0.29, 0.717) is 19.6 Å². The molecule has 0 bridgehead atoms. The van der Waals surface area contributed by atoms with E-state index in [4.69, 9.17) is 4.74 Å². The van der Waals surface area contributed by atoms with Crippen molar-refractivity contribution in [1.29, 1.82) is 0 Å². The van der Waals surface area contributed by atoms with E-state index in [-0.39, 0.29) is 11.9 Å². The maximum atomic E-state index is 13.0. The molecule has 0 unspecified atom stereocenters. The zero-order chi connectivity index (χ0) is 17.5. The van der Waals surface area contributed by atoms with Crippen LogP contribution in [-0.4, -0.2) is 36.2 Å². The molecule has 6 heteroatoms. The first-order chi connectivity index (χ1) is 10.7. The molecule has 0 spiro atoms. The van der Waals surface area contributed by atoms with Crippen molar-refractivity contribution in [3.8, 4) is 0 Å². The number of nitrogens with zero attached hydrogens (tertiary/aromatic N) is 1. The molecule has 23 heavy (non-hydrogen) atoms. The molecule has 0 aliphatic heterocycles. The molecule has 0 radical (unpaired) electrons. The quantitative estimate of drug-likeness (QED) is 0.706. The topological polar surface area (TPSA) is 41.6 Å². The molecule has 1 rings (SSSR count). The van der Waals surface area contributed by atoms with Crippen molar-refractivity contribution in [3.05, 3.63) is 34.1 Å². The van der Waals surface area contributed by atoms with Gasteiger partial charge in [-0.1, -0.05) is 22.0 Å². The average molecular weight is 389 g/mol. The van der Waals surface area contributed by atoms with Crippen LogP contribution in [0.15, 0.2) is 22.7 Å². The fraction of sp³-hybridized carbons (Fsp3) is 0.588. The van der Waals surface area contributed by atoms with Gasteiger partial charge in [0, 0.05) is 24.1 Å². The molecule has 0 saturated carbocycles. The summed E-state index contributed by atoms with van der Waals surface area (Å²) in [6, 6.07) is 4.66. The van der Waals surface area contributed by atoms with E-state index in [2.05, 4.69) is 21.2 Å². The highest BCUT2D eigenvalue weighted by Crippen LogP contribution is 2.17. The summed E-state index contributed by atoms with van der Waals surface area (Å²) in [6.45, 7) is 10.2. The number of carbonyl (C=O) groups is 1. The van der Waals surface area contributed by atoms with Gasteiger partial charge < -0.3 is 15.0 Å². The second-order valence-corrected chi connectivity index (χ2v) is 7.18. The summed E-state index contributed by atoms with van der Waals surface area (Å²) in [6.07, 6.45) is 0.549. The molecule has 0 aromatic heterocycles. The first-order valence-electron chi connectivity index (χ1n) is 7.85. The lowest BCUT2D eigenvalue weighted by Gasteiger charge is -2.26. The Morgan fingerprint density at radius 3 is 2.65 bits per heavy atom.